The standard InChI is InChI=1S/C17H23N5O2S/c1-13-20-21-16(25-13)6-7-18-17(23)19-15-4-2-14(3-5-15)12-22-8-10-24-11-9-22/h2-5H,6-12H2,1H3,(H2,18,19,23). The van der Waals surface area contributed by atoms with Crippen molar-refractivity contribution in [2.24, 2.45) is 0 Å². The predicted molar refractivity (Wildman–Crippen MR) is 97.9 cm³/mol. The first-order chi connectivity index (χ1) is 12.2. The Balaban J connectivity index is 1.40. The molecular weight excluding hydrogens is 338 g/mol. The zero-order valence-corrected chi connectivity index (χ0v) is 15.1. The van der Waals surface area contributed by atoms with Gasteiger partial charge in [0.1, 0.15) is 10.0 Å². The fourth-order valence-electron chi connectivity index (χ4n) is 2.61. The molecule has 1 aliphatic heterocycles. The van der Waals surface area contributed by atoms with Crippen molar-refractivity contribution in [3.05, 3.63) is 39.8 Å². The van der Waals surface area contributed by atoms with Crippen molar-refractivity contribution in [1.29, 1.82) is 0 Å². The Kier molecular flexibility index (Phi) is 6.32. The Hall–Kier alpha value is -2.03. The molecule has 25 heavy (non-hydrogen) atoms. The molecule has 1 fully saturated rings. The van der Waals surface area contributed by atoms with E-state index in [1.807, 2.05) is 19.1 Å². The van der Waals surface area contributed by atoms with Gasteiger partial charge in [0.05, 0.1) is 13.2 Å². The summed E-state index contributed by atoms with van der Waals surface area (Å²) < 4.78 is 5.36. The zero-order chi connectivity index (χ0) is 17.5. The smallest absolute Gasteiger partial charge is 0.319 e. The number of urea groups is 1. The van der Waals surface area contributed by atoms with E-state index in [4.69, 9.17) is 4.74 Å². The van der Waals surface area contributed by atoms with Crippen LogP contribution < -0.4 is 10.6 Å². The number of nitrogens with one attached hydrogen (secondary N) is 2. The first-order valence-electron chi connectivity index (χ1n) is 8.42. The molecule has 1 aromatic heterocycles. The van der Waals surface area contributed by atoms with E-state index in [0.717, 1.165) is 48.6 Å². The number of anilines is 1. The lowest BCUT2D eigenvalue weighted by Crippen LogP contribution is -2.35. The van der Waals surface area contributed by atoms with E-state index in [1.165, 1.54) is 5.56 Å². The zero-order valence-electron chi connectivity index (χ0n) is 14.3. The second kappa shape index (κ2) is 8.89. The largest absolute Gasteiger partial charge is 0.379 e. The summed E-state index contributed by atoms with van der Waals surface area (Å²) in [6, 6.07) is 7.76. The van der Waals surface area contributed by atoms with Gasteiger partial charge in [0.25, 0.3) is 0 Å². The van der Waals surface area contributed by atoms with Crippen LogP contribution in [0, 0.1) is 6.92 Å². The normalized spacial score (nSPS) is 15.1. The van der Waals surface area contributed by atoms with Crippen molar-refractivity contribution in [3.63, 3.8) is 0 Å². The Labute approximate surface area is 151 Å². The van der Waals surface area contributed by atoms with E-state index in [9.17, 15) is 4.79 Å². The molecule has 7 nitrogen and oxygen atoms in total. The Morgan fingerprint density at radius 3 is 2.68 bits per heavy atom. The molecule has 1 aromatic carbocycles. The average Bonchev–Trinajstić information content (AvgIpc) is 3.03. The van der Waals surface area contributed by atoms with Crippen molar-refractivity contribution in [1.82, 2.24) is 20.4 Å². The van der Waals surface area contributed by atoms with Gasteiger partial charge >= 0.3 is 6.03 Å². The van der Waals surface area contributed by atoms with Gasteiger partial charge in [0.15, 0.2) is 0 Å². The van der Waals surface area contributed by atoms with Gasteiger partial charge in [0.2, 0.25) is 0 Å². The highest BCUT2D eigenvalue weighted by molar-refractivity contribution is 7.11. The first-order valence-corrected chi connectivity index (χ1v) is 9.23. The molecule has 134 valence electrons. The highest BCUT2D eigenvalue weighted by Gasteiger charge is 2.10. The van der Waals surface area contributed by atoms with Crippen molar-refractivity contribution in [2.45, 2.75) is 19.9 Å². The molecule has 2 N–H and O–H groups in total. The van der Waals surface area contributed by atoms with Crippen LogP contribution in [0.15, 0.2) is 24.3 Å². The lowest BCUT2D eigenvalue weighted by atomic mass is 10.2. The Morgan fingerprint density at radius 2 is 2.00 bits per heavy atom. The number of nitrogens with zero attached hydrogens (tertiary/aromatic N) is 3. The number of rotatable bonds is 6. The Morgan fingerprint density at radius 1 is 1.24 bits per heavy atom. The molecule has 0 radical (unpaired) electrons. The van der Waals surface area contributed by atoms with Crippen molar-refractivity contribution in [3.8, 4) is 0 Å². The van der Waals surface area contributed by atoms with Gasteiger partial charge in [-0.15, -0.1) is 21.5 Å². The number of hydrogen-bond donors (Lipinski definition) is 2. The highest BCUT2D eigenvalue weighted by atomic mass is 32.1. The highest BCUT2D eigenvalue weighted by Crippen LogP contribution is 2.12. The lowest BCUT2D eigenvalue weighted by Gasteiger charge is -2.26. The van der Waals surface area contributed by atoms with Crippen LogP contribution >= 0.6 is 11.3 Å². The molecule has 0 aliphatic carbocycles. The summed E-state index contributed by atoms with van der Waals surface area (Å²) in [4.78, 5) is 14.3. The number of amides is 2. The number of ether oxygens (including phenoxy) is 1. The van der Waals surface area contributed by atoms with Crippen LogP contribution in [-0.2, 0) is 17.7 Å². The third-order valence-corrected chi connectivity index (χ3v) is 4.81. The number of aryl methyl sites for hydroxylation is 1. The minimum Gasteiger partial charge on any atom is -0.379 e. The molecule has 1 saturated heterocycles. The van der Waals surface area contributed by atoms with E-state index < -0.39 is 0 Å². The number of carbonyl (C=O) groups is 1. The SMILES string of the molecule is Cc1nnc(CCNC(=O)Nc2ccc(CN3CCOCC3)cc2)s1. The van der Waals surface area contributed by atoms with Gasteiger partial charge in [0, 0.05) is 38.3 Å². The molecule has 0 atom stereocenters. The number of aromatic nitrogens is 2. The Bertz CT molecular complexity index is 683. The van der Waals surface area contributed by atoms with Crippen LogP contribution in [-0.4, -0.2) is 54.0 Å². The molecule has 0 bridgehead atoms. The summed E-state index contributed by atoms with van der Waals surface area (Å²) in [7, 11) is 0. The van der Waals surface area contributed by atoms with E-state index in [0.29, 0.717) is 13.0 Å². The van der Waals surface area contributed by atoms with Gasteiger partial charge in [-0.25, -0.2) is 4.79 Å². The van der Waals surface area contributed by atoms with Crippen molar-refractivity contribution >= 4 is 23.1 Å². The monoisotopic (exact) mass is 361 g/mol. The number of hydrogen-bond acceptors (Lipinski definition) is 6. The molecule has 2 aromatic rings. The van der Waals surface area contributed by atoms with Crippen LogP contribution in [0.5, 0.6) is 0 Å². The fraction of sp³-hybridized carbons (Fsp3) is 0.471. The molecule has 8 heteroatoms. The van der Waals surface area contributed by atoms with E-state index >= 15 is 0 Å². The minimum atomic E-state index is -0.206. The van der Waals surface area contributed by atoms with Gasteiger partial charge in [-0.3, -0.25) is 4.90 Å². The van der Waals surface area contributed by atoms with Crippen molar-refractivity contribution < 1.29 is 9.53 Å². The van der Waals surface area contributed by atoms with Crippen LogP contribution in [0.25, 0.3) is 0 Å². The third kappa shape index (κ3) is 5.77. The van der Waals surface area contributed by atoms with Gasteiger partial charge in [-0.05, 0) is 24.6 Å². The van der Waals surface area contributed by atoms with Crippen LogP contribution in [0.4, 0.5) is 10.5 Å². The molecule has 3 rings (SSSR count). The van der Waals surface area contributed by atoms with Crippen LogP contribution in [0.3, 0.4) is 0 Å². The van der Waals surface area contributed by atoms with Gasteiger partial charge in [-0.1, -0.05) is 12.1 Å². The summed E-state index contributed by atoms with van der Waals surface area (Å²) in [5.41, 5.74) is 2.02. The summed E-state index contributed by atoms with van der Waals surface area (Å²) in [6.07, 6.45) is 0.692. The third-order valence-electron chi connectivity index (χ3n) is 3.91. The summed E-state index contributed by atoms with van der Waals surface area (Å²) >= 11 is 1.55. The number of morpholine rings is 1. The number of benzene rings is 1. The average molecular weight is 361 g/mol. The molecule has 0 saturated carbocycles. The summed E-state index contributed by atoms with van der Waals surface area (Å²) in [5.74, 6) is 0. The van der Waals surface area contributed by atoms with E-state index in [-0.39, 0.29) is 6.03 Å². The lowest BCUT2D eigenvalue weighted by molar-refractivity contribution is 0.0342. The van der Waals surface area contributed by atoms with E-state index in [1.54, 1.807) is 11.3 Å². The first kappa shape index (κ1) is 17.8. The molecular formula is C17H23N5O2S. The maximum atomic E-state index is 11.9. The topological polar surface area (TPSA) is 79.4 Å². The second-order valence-electron chi connectivity index (χ2n) is 5.93. The molecule has 2 amide bonds. The summed E-state index contributed by atoms with van der Waals surface area (Å²) in [6.45, 7) is 6.91. The molecule has 2 heterocycles. The van der Waals surface area contributed by atoms with E-state index in [2.05, 4.69) is 37.9 Å². The fourth-order valence-corrected chi connectivity index (χ4v) is 3.32. The van der Waals surface area contributed by atoms with Gasteiger partial charge < -0.3 is 15.4 Å². The second-order valence-corrected chi connectivity index (χ2v) is 7.20. The number of carbonyl (C=O) groups excluding carboxylic acids is 1. The molecule has 1 aliphatic rings. The van der Waals surface area contributed by atoms with Gasteiger partial charge in [-0.2, -0.15) is 0 Å². The maximum Gasteiger partial charge on any atom is 0.319 e. The summed E-state index contributed by atoms with van der Waals surface area (Å²) in [5, 5.41) is 15.6. The molecule has 0 unspecified atom stereocenters. The minimum absolute atomic E-state index is 0.206. The van der Waals surface area contributed by atoms with Crippen LogP contribution in [0.1, 0.15) is 15.6 Å². The molecule has 0 spiro atoms. The van der Waals surface area contributed by atoms with Crippen LogP contribution in [0.2, 0.25) is 0 Å². The van der Waals surface area contributed by atoms with Crippen molar-refractivity contribution in [2.75, 3.05) is 38.2 Å². The quantitative estimate of drug-likeness (QED) is 0.823. The maximum absolute atomic E-state index is 11.9. The predicted octanol–water partition coefficient (Wildman–Crippen LogP) is 2.04.